The van der Waals surface area contributed by atoms with E-state index in [0.717, 1.165) is 46.5 Å². The zero-order valence-electron chi connectivity index (χ0n) is 20.5. The molecule has 1 aliphatic carbocycles. The largest absolute Gasteiger partial charge is 0.483 e. The lowest BCUT2D eigenvalue weighted by Crippen LogP contribution is -2.52. The van der Waals surface area contributed by atoms with Gasteiger partial charge in [-0.3, -0.25) is 9.59 Å². The van der Waals surface area contributed by atoms with E-state index in [9.17, 15) is 9.59 Å². The van der Waals surface area contributed by atoms with E-state index in [1.165, 1.54) is 6.42 Å². The maximum Gasteiger partial charge on any atom is 0.261 e. The highest BCUT2D eigenvalue weighted by Crippen LogP contribution is 2.33. The summed E-state index contributed by atoms with van der Waals surface area (Å²) in [6.07, 6.45) is 5.97. The molecule has 0 bridgehead atoms. The monoisotopic (exact) mass is 570 g/mol. The molecule has 7 heteroatoms. The van der Waals surface area contributed by atoms with Gasteiger partial charge in [0.2, 0.25) is 5.91 Å². The lowest BCUT2D eigenvalue weighted by atomic mass is 9.95. The summed E-state index contributed by atoms with van der Waals surface area (Å²) in [5.41, 5.74) is 0.906. The van der Waals surface area contributed by atoms with Crippen molar-refractivity contribution >= 4 is 50.1 Å². The van der Waals surface area contributed by atoms with E-state index in [4.69, 9.17) is 16.3 Å². The molecule has 3 aromatic carbocycles. The molecular formula is C29H32BrClN2O3. The van der Waals surface area contributed by atoms with Gasteiger partial charge in [-0.2, -0.15) is 0 Å². The van der Waals surface area contributed by atoms with Crippen LogP contribution in [-0.4, -0.2) is 35.4 Å². The smallest absolute Gasteiger partial charge is 0.261 e. The first-order valence-electron chi connectivity index (χ1n) is 12.6. The number of hydrogen-bond donors (Lipinski definition) is 1. The lowest BCUT2D eigenvalue weighted by Gasteiger charge is -2.32. The Hall–Kier alpha value is -2.57. The molecule has 1 atom stereocenters. The molecule has 1 aliphatic rings. The Labute approximate surface area is 226 Å². The molecule has 2 amide bonds. The first kappa shape index (κ1) is 26.5. The van der Waals surface area contributed by atoms with Crippen molar-refractivity contribution in [2.24, 2.45) is 0 Å². The fourth-order valence-electron chi connectivity index (χ4n) is 4.80. The zero-order valence-corrected chi connectivity index (χ0v) is 22.9. The molecule has 4 rings (SSSR count). The lowest BCUT2D eigenvalue weighted by molar-refractivity contribution is -0.143. The normalized spacial score (nSPS) is 14.9. The van der Waals surface area contributed by atoms with E-state index in [1.54, 1.807) is 17.0 Å². The van der Waals surface area contributed by atoms with Gasteiger partial charge >= 0.3 is 0 Å². The molecule has 5 nitrogen and oxygen atoms in total. The van der Waals surface area contributed by atoms with Crippen LogP contribution in [-0.2, 0) is 16.1 Å². The summed E-state index contributed by atoms with van der Waals surface area (Å²) in [6, 6.07) is 18.8. The van der Waals surface area contributed by atoms with Gasteiger partial charge in [0.25, 0.3) is 5.91 Å². The average Bonchev–Trinajstić information content (AvgIpc) is 2.90. The number of amides is 2. The zero-order chi connectivity index (χ0) is 25.5. The van der Waals surface area contributed by atoms with Crippen LogP contribution in [0.3, 0.4) is 0 Å². The van der Waals surface area contributed by atoms with Crippen molar-refractivity contribution in [3.63, 3.8) is 0 Å². The number of rotatable bonds is 9. The highest BCUT2D eigenvalue weighted by atomic mass is 79.9. The number of hydrogen-bond acceptors (Lipinski definition) is 3. The van der Waals surface area contributed by atoms with Gasteiger partial charge in [0, 0.05) is 17.6 Å². The second-order valence-corrected chi connectivity index (χ2v) is 10.5. The molecule has 0 radical (unpaired) electrons. The summed E-state index contributed by atoms with van der Waals surface area (Å²) in [5, 5.41) is 5.92. The second kappa shape index (κ2) is 12.6. The Bertz CT molecular complexity index is 1190. The number of halogens is 2. The number of carbonyl (C=O) groups excluding carboxylic acids is 2. The van der Waals surface area contributed by atoms with Crippen molar-refractivity contribution in [3.05, 3.63) is 75.7 Å². The Kier molecular flexibility index (Phi) is 9.27. The molecule has 1 saturated carbocycles. The molecule has 36 heavy (non-hydrogen) atoms. The third-order valence-electron chi connectivity index (χ3n) is 6.78. The van der Waals surface area contributed by atoms with Gasteiger partial charge in [-0.05, 0) is 69.7 Å². The predicted octanol–water partition coefficient (Wildman–Crippen LogP) is 6.89. The highest BCUT2D eigenvalue weighted by molar-refractivity contribution is 9.10. The first-order valence-corrected chi connectivity index (χ1v) is 13.8. The molecule has 0 spiro atoms. The van der Waals surface area contributed by atoms with Gasteiger partial charge < -0.3 is 15.0 Å². The van der Waals surface area contributed by atoms with Gasteiger partial charge in [0.1, 0.15) is 11.8 Å². The van der Waals surface area contributed by atoms with Gasteiger partial charge in [-0.25, -0.2) is 0 Å². The van der Waals surface area contributed by atoms with Gasteiger partial charge in [0.15, 0.2) is 6.61 Å². The summed E-state index contributed by atoms with van der Waals surface area (Å²) in [6.45, 7) is 2.07. The Morgan fingerprint density at radius 1 is 1.06 bits per heavy atom. The summed E-state index contributed by atoms with van der Waals surface area (Å²) in [4.78, 5) is 28.5. The van der Waals surface area contributed by atoms with Crippen LogP contribution in [0, 0.1) is 0 Å². The van der Waals surface area contributed by atoms with Crippen molar-refractivity contribution in [1.82, 2.24) is 10.2 Å². The molecule has 1 fully saturated rings. The molecule has 0 aliphatic heterocycles. The van der Waals surface area contributed by atoms with Crippen molar-refractivity contribution in [2.45, 2.75) is 64.1 Å². The minimum absolute atomic E-state index is 0.0985. The van der Waals surface area contributed by atoms with Gasteiger partial charge in [0.05, 0.1) is 4.47 Å². The fourth-order valence-corrected chi connectivity index (χ4v) is 5.53. The molecule has 190 valence electrons. The van der Waals surface area contributed by atoms with Crippen LogP contribution in [0.5, 0.6) is 5.75 Å². The van der Waals surface area contributed by atoms with E-state index in [1.807, 2.05) is 55.5 Å². The molecule has 0 heterocycles. The molecule has 0 saturated heterocycles. The summed E-state index contributed by atoms with van der Waals surface area (Å²) in [5.74, 6) is 0.252. The number of nitrogens with zero attached hydrogens (tertiary/aromatic N) is 1. The summed E-state index contributed by atoms with van der Waals surface area (Å²) >= 11 is 9.69. The maximum absolute atomic E-state index is 13.5. The highest BCUT2D eigenvalue weighted by Gasteiger charge is 2.30. The van der Waals surface area contributed by atoms with Crippen molar-refractivity contribution in [1.29, 1.82) is 0 Å². The van der Waals surface area contributed by atoms with Crippen LogP contribution in [0.2, 0.25) is 5.02 Å². The number of benzene rings is 3. The van der Waals surface area contributed by atoms with E-state index >= 15 is 0 Å². The molecule has 1 N–H and O–H groups in total. The van der Waals surface area contributed by atoms with E-state index in [-0.39, 0.29) is 24.5 Å². The number of fused-ring (bicyclic) bond motifs is 1. The summed E-state index contributed by atoms with van der Waals surface area (Å²) in [7, 11) is 0. The topological polar surface area (TPSA) is 58.6 Å². The fraction of sp³-hybridized carbons (Fsp3) is 0.379. The predicted molar refractivity (Wildman–Crippen MR) is 148 cm³/mol. The van der Waals surface area contributed by atoms with Crippen LogP contribution in [0.4, 0.5) is 0 Å². The minimum Gasteiger partial charge on any atom is -0.483 e. The second-order valence-electron chi connectivity index (χ2n) is 9.30. The third-order valence-corrected chi connectivity index (χ3v) is 7.85. The molecule has 3 aromatic rings. The summed E-state index contributed by atoms with van der Waals surface area (Å²) < 4.78 is 6.78. The van der Waals surface area contributed by atoms with Crippen molar-refractivity contribution < 1.29 is 14.3 Å². The Morgan fingerprint density at radius 3 is 2.50 bits per heavy atom. The van der Waals surface area contributed by atoms with Crippen LogP contribution in [0.25, 0.3) is 10.8 Å². The first-order chi connectivity index (χ1) is 17.5. The Morgan fingerprint density at radius 2 is 1.78 bits per heavy atom. The Balaban J connectivity index is 1.52. The van der Waals surface area contributed by atoms with E-state index in [2.05, 4.69) is 21.2 Å². The standard InChI is InChI=1S/C29H32BrClN2O3/c1-2-25(29(35)32-23-9-4-3-5-10-23)33(18-20-12-15-22(31)16-13-20)27(34)19-36-26-17-14-21-8-6-7-11-24(21)28(26)30/h6-8,11-17,23,25H,2-5,9-10,18-19H2,1H3,(H,32,35). The van der Waals surface area contributed by atoms with Crippen LogP contribution in [0.1, 0.15) is 51.0 Å². The molecule has 0 aromatic heterocycles. The average molecular weight is 572 g/mol. The maximum atomic E-state index is 13.5. The van der Waals surface area contributed by atoms with Crippen molar-refractivity contribution in [3.8, 4) is 5.75 Å². The number of carbonyl (C=O) groups is 2. The quantitative estimate of drug-likeness (QED) is 0.304. The molecular weight excluding hydrogens is 540 g/mol. The van der Waals surface area contributed by atoms with Crippen LogP contribution >= 0.6 is 27.5 Å². The van der Waals surface area contributed by atoms with Gasteiger partial charge in [-0.1, -0.05) is 80.3 Å². The SMILES string of the molecule is CCC(C(=O)NC1CCCCC1)N(Cc1ccc(Cl)cc1)C(=O)COc1ccc2ccccc2c1Br. The number of nitrogens with one attached hydrogen (secondary N) is 1. The van der Waals surface area contributed by atoms with E-state index < -0.39 is 6.04 Å². The van der Waals surface area contributed by atoms with Crippen LogP contribution in [0.15, 0.2) is 65.1 Å². The van der Waals surface area contributed by atoms with Gasteiger partial charge in [-0.15, -0.1) is 0 Å². The van der Waals surface area contributed by atoms with E-state index in [0.29, 0.717) is 23.7 Å². The third kappa shape index (κ3) is 6.60. The molecule has 1 unspecified atom stereocenters. The van der Waals surface area contributed by atoms with Crippen molar-refractivity contribution in [2.75, 3.05) is 6.61 Å². The number of ether oxygens (including phenoxy) is 1. The van der Waals surface area contributed by atoms with Crippen LogP contribution < -0.4 is 10.1 Å². The minimum atomic E-state index is -0.584.